The summed E-state index contributed by atoms with van der Waals surface area (Å²) in [5.74, 6) is -0.976. The molecule has 26 heavy (non-hydrogen) atoms. The van der Waals surface area contributed by atoms with Crippen LogP contribution in [-0.2, 0) is 9.59 Å². The fourth-order valence-electron chi connectivity index (χ4n) is 2.96. The molecule has 2 aromatic carbocycles. The number of rotatable bonds is 4. The Kier molecular flexibility index (Phi) is 4.84. The Bertz CT molecular complexity index is 830. The predicted molar refractivity (Wildman–Crippen MR) is 95.1 cm³/mol. The molecule has 3 rings (SSSR count). The van der Waals surface area contributed by atoms with Crippen LogP contribution in [-0.4, -0.2) is 29.7 Å². The highest BCUT2D eigenvalue weighted by Crippen LogP contribution is 2.25. The lowest BCUT2D eigenvalue weighted by molar-refractivity contribution is -0.121. The van der Waals surface area contributed by atoms with E-state index in [-0.39, 0.29) is 42.4 Å². The lowest BCUT2D eigenvalue weighted by atomic mass is 10.1. The number of imide groups is 1. The molecule has 1 aliphatic rings. The van der Waals surface area contributed by atoms with Gasteiger partial charge in [0.25, 0.3) is 5.91 Å². The molecular weight excluding hydrogens is 335 g/mol. The van der Waals surface area contributed by atoms with Gasteiger partial charge in [-0.25, -0.2) is 4.39 Å². The molecule has 0 N–H and O–H groups in total. The third-order valence-electron chi connectivity index (χ3n) is 4.68. The molecule has 0 bridgehead atoms. The smallest absolute Gasteiger partial charge is 0.254 e. The molecule has 0 aliphatic carbocycles. The van der Waals surface area contributed by atoms with E-state index in [4.69, 9.17) is 0 Å². The topological polar surface area (TPSA) is 57.7 Å². The van der Waals surface area contributed by atoms with E-state index in [1.807, 2.05) is 6.92 Å². The third kappa shape index (κ3) is 3.35. The Hall–Kier alpha value is -3.02. The van der Waals surface area contributed by atoms with E-state index in [0.717, 1.165) is 10.5 Å². The maximum absolute atomic E-state index is 13.1. The van der Waals surface area contributed by atoms with Gasteiger partial charge < -0.3 is 4.90 Å². The van der Waals surface area contributed by atoms with E-state index in [0.29, 0.717) is 11.3 Å². The summed E-state index contributed by atoms with van der Waals surface area (Å²) in [6, 6.07) is 12.2. The number of benzene rings is 2. The van der Waals surface area contributed by atoms with Crippen molar-refractivity contribution in [2.24, 2.45) is 0 Å². The highest BCUT2D eigenvalue weighted by Gasteiger charge is 2.30. The first-order chi connectivity index (χ1) is 12.4. The van der Waals surface area contributed by atoms with Gasteiger partial charge in [-0.2, -0.15) is 0 Å². The summed E-state index contributed by atoms with van der Waals surface area (Å²) in [5, 5.41) is 0. The van der Waals surface area contributed by atoms with Crippen LogP contribution in [0.1, 0.15) is 41.7 Å². The summed E-state index contributed by atoms with van der Waals surface area (Å²) in [6.45, 7) is 1.86. The molecular formula is C20H19FN2O3. The molecule has 6 heteroatoms. The molecule has 1 aliphatic heterocycles. The van der Waals surface area contributed by atoms with Gasteiger partial charge in [0.15, 0.2) is 0 Å². The van der Waals surface area contributed by atoms with Crippen molar-refractivity contribution in [2.45, 2.75) is 25.8 Å². The number of carbonyl (C=O) groups excluding carboxylic acids is 3. The van der Waals surface area contributed by atoms with Crippen molar-refractivity contribution in [1.82, 2.24) is 4.90 Å². The molecule has 0 saturated carbocycles. The van der Waals surface area contributed by atoms with Crippen LogP contribution in [0.2, 0.25) is 0 Å². The van der Waals surface area contributed by atoms with Crippen LogP contribution in [0.15, 0.2) is 48.5 Å². The van der Waals surface area contributed by atoms with Gasteiger partial charge in [0.05, 0.1) is 11.7 Å². The number of nitrogens with zero attached hydrogens (tertiary/aromatic N) is 2. The fourth-order valence-corrected chi connectivity index (χ4v) is 2.96. The number of hydrogen-bond donors (Lipinski definition) is 0. The van der Waals surface area contributed by atoms with Crippen molar-refractivity contribution in [3.05, 3.63) is 65.5 Å². The van der Waals surface area contributed by atoms with Crippen LogP contribution in [0, 0.1) is 5.82 Å². The molecule has 0 aromatic heterocycles. The molecule has 0 radical (unpaired) electrons. The summed E-state index contributed by atoms with van der Waals surface area (Å²) in [6.07, 6.45) is 0.439. The van der Waals surface area contributed by atoms with Gasteiger partial charge in [-0.1, -0.05) is 12.1 Å². The third-order valence-corrected chi connectivity index (χ3v) is 4.68. The van der Waals surface area contributed by atoms with Gasteiger partial charge in [0, 0.05) is 25.5 Å². The number of carbonyl (C=O) groups is 3. The van der Waals surface area contributed by atoms with Gasteiger partial charge >= 0.3 is 0 Å². The highest BCUT2D eigenvalue weighted by atomic mass is 19.1. The van der Waals surface area contributed by atoms with Crippen molar-refractivity contribution in [2.75, 3.05) is 11.9 Å². The molecule has 134 valence electrons. The normalized spacial score (nSPS) is 15.3. The van der Waals surface area contributed by atoms with Gasteiger partial charge in [-0.05, 0) is 48.9 Å². The van der Waals surface area contributed by atoms with Crippen LogP contribution >= 0.6 is 0 Å². The summed E-state index contributed by atoms with van der Waals surface area (Å²) in [4.78, 5) is 39.0. The quantitative estimate of drug-likeness (QED) is 0.792. The van der Waals surface area contributed by atoms with E-state index >= 15 is 0 Å². The van der Waals surface area contributed by atoms with E-state index in [2.05, 4.69) is 0 Å². The predicted octanol–water partition coefficient (Wildman–Crippen LogP) is 3.31. The van der Waals surface area contributed by atoms with Crippen molar-refractivity contribution < 1.29 is 18.8 Å². The second-order valence-corrected chi connectivity index (χ2v) is 6.31. The lowest BCUT2D eigenvalue weighted by Crippen LogP contribution is -2.30. The van der Waals surface area contributed by atoms with Crippen molar-refractivity contribution in [3.8, 4) is 0 Å². The molecule has 1 fully saturated rings. The fraction of sp³-hybridized carbons (Fsp3) is 0.250. The van der Waals surface area contributed by atoms with Crippen molar-refractivity contribution in [1.29, 1.82) is 0 Å². The highest BCUT2D eigenvalue weighted by molar-refractivity contribution is 6.19. The van der Waals surface area contributed by atoms with Crippen molar-refractivity contribution >= 4 is 23.4 Å². The van der Waals surface area contributed by atoms with Gasteiger partial charge in [-0.15, -0.1) is 0 Å². The largest absolute Gasteiger partial charge is 0.335 e. The number of halogens is 1. The van der Waals surface area contributed by atoms with Crippen LogP contribution in [0.5, 0.6) is 0 Å². The van der Waals surface area contributed by atoms with E-state index in [1.54, 1.807) is 48.3 Å². The van der Waals surface area contributed by atoms with E-state index in [1.165, 1.54) is 12.1 Å². The zero-order valence-electron chi connectivity index (χ0n) is 14.6. The molecule has 1 saturated heterocycles. The van der Waals surface area contributed by atoms with Crippen LogP contribution in [0.4, 0.5) is 10.1 Å². The number of anilines is 1. The Labute approximate surface area is 151 Å². The van der Waals surface area contributed by atoms with Gasteiger partial charge in [0.2, 0.25) is 11.8 Å². The Morgan fingerprint density at radius 1 is 1.00 bits per heavy atom. The average molecular weight is 354 g/mol. The number of hydrogen-bond acceptors (Lipinski definition) is 3. The van der Waals surface area contributed by atoms with Gasteiger partial charge in [-0.3, -0.25) is 19.3 Å². The molecule has 1 unspecified atom stereocenters. The van der Waals surface area contributed by atoms with Crippen LogP contribution in [0.3, 0.4) is 0 Å². The molecule has 1 heterocycles. The standard InChI is InChI=1S/C20H19FN2O3/c1-13(14-3-7-16(21)8-4-14)22(2)20(26)15-5-9-17(10-6-15)23-18(24)11-12-19(23)25/h3-10,13H,11-12H2,1-2H3. The van der Waals surface area contributed by atoms with Gasteiger partial charge in [0.1, 0.15) is 5.82 Å². The molecule has 3 amide bonds. The maximum atomic E-state index is 13.1. The Morgan fingerprint density at radius 3 is 2.08 bits per heavy atom. The van der Waals surface area contributed by atoms with E-state index in [9.17, 15) is 18.8 Å². The summed E-state index contributed by atoms with van der Waals surface area (Å²) in [7, 11) is 1.68. The minimum absolute atomic E-state index is 0.201. The first kappa shape index (κ1) is 17.8. The second kappa shape index (κ2) is 7.07. The SMILES string of the molecule is CC(c1ccc(F)cc1)N(C)C(=O)c1ccc(N2C(=O)CCC2=O)cc1. The van der Waals surface area contributed by atoms with E-state index < -0.39 is 0 Å². The first-order valence-electron chi connectivity index (χ1n) is 8.37. The zero-order chi connectivity index (χ0) is 18.8. The van der Waals surface area contributed by atoms with Crippen LogP contribution in [0.25, 0.3) is 0 Å². The summed E-state index contributed by atoms with van der Waals surface area (Å²) >= 11 is 0. The Balaban J connectivity index is 1.76. The minimum Gasteiger partial charge on any atom is -0.335 e. The maximum Gasteiger partial charge on any atom is 0.254 e. The monoisotopic (exact) mass is 354 g/mol. The summed E-state index contributed by atoms with van der Waals surface area (Å²) in [5.41, 5.74) is 1.75. The second-order valence-electron chi connectivity index (χ2n) is 6.31. The zero-order valence-corrected chi connectivity index (χ0v) is 14.6. The summed E-state index contributed by atoms with van der Waals surface area (Å²) < 4.78 is 13.1. The lowest BCUT2D eigenvalue weighted by Gasteiger charge is -2.25. The minimum atomic E-state index is -0.323. The van der Waals surface area contributed by atoms with Crippen molar-refractivity contribution in [3.63, 3.8) is 0 Å². The number of amides is 3. The molecule has 5 nitrogen and oxygen atoms in total. The Morgan fingerprint density at radius 2 is 1.54 bits per heavy atom. The average Bonchev–Trinajstić information content (AvgIpc) is 2.99. The molecule has 1 atom stereocenters. The molecule has 2 aromatic rings. The first-order valence-corrected chi connectivity index (χ1v) is 8.37. The van der Waals surface area contributed by atoms with Crippen LogP contribution < -0.4 is 4.90 Å². The molecule has 0 spiro atoms.